The van der Waals surface area contributed by atoms with Crippen LogP contribution in [0, 0.1) is 12.7 Å². The number of halogens is 4. The van der Waals surface area contributed by atoms with Crippen LogP contribution in [-0.4, -0.2) is 30.9 Å². The van der Waals surface area contributed by atoms with Crippen molar-refractivity contribution < 1.29 is 35.3 Å². The molecule has 2 aromatic rings. The first-order chi connectivity index (χ1) is 13.7. The zero-order chi connectivity index (χ0) is 22.9. The quantitative estimate of drug-likeness (QED) is 0.521. The maximum Gasteiger partial charge on any atom is 0.433 e. The maximum atomic E-state index is 14.2. The van der Waals surface area contributed by atoms with Crippen molar-refractivity contribution >= 4 is 21.9 Å². The van der Waals surface area contributed by atoms with Gasteiger partial charge in [-0.15, -0.1) is 0 Å². The van der Waals surface area contributed by atoms with Gasteiger partial charge in [0.15, 0.2) is 0 Å². The number of amides is 1. The van der Waals surface area contributed by atoms with E-state index in [9.17, 15) is 30.8 Å². The molecule has 0 radical (unpaired) electrons. The predicted molar refractivity (Wildman–Crippen MR) is 101 cm³/mol. The van der Waals surface area contributed by atoms with Gasteiger partial charge in [0.25, 0.3) is 0 Å². The number of rotatable bonds is 6. The number of hydrogen-bond acceptors (Lipinski definition) is 4. The maximum absolute atomic E-state index is 14.2. The standard InChI is InChI=1S/C18H19F4N3O4S/c1-10(12-4-6-15(14(19)8-12)25(3)30(27,28)29)17(26)23-9-13-5-7-16(18(20,21)22)24-11(13)2/h4-8,10H,9H2,1-3H3,(H,23,26)(H,27,28,29). The van der Waals surface area contributed by atoms with E-state index in [4.69, 9.17) is 4.55 Å². The number of benzene rings is 1. The minimum atomic E-state index is -4.65. The van der Waals surface area contributed by atoms with Crippen LogP contribution in [-0.2, 0) is 27.8 Å². The van der Waals surface area contributed by atoms with Crippen molar-refractivity contribution in [2.75, 3.05) is 11.4 Å². The van der Waals surface area contributed by atoms with Gasteiger partial charge >= 0.3 is 16.5 Å². The molecule has 30 heavy (non-hydrogen) atoms. The number of carbonyl (C=O) groups is 1. The summed E-state index contributed by atoms with van der Waals surface area (Å²) >= 11 is 0. The average Bonchev–Trinajstić information content (AvgIpc) is 2.64. The van der Waals surface area contributed by atoms with Crippen LogP contribution in [0.15, 0.2) is 30.3 Å². The van der Waals surface area contributed by atoms with Gasteiger partial charge in [-0.25, -0.2) is 13.7 Å². The Morgan fingerprint density at radius 3 is 2.40 bits per heavy atom. The van der Waals surface area contributed by atoms with Crippen molar-refractivity contribution in [1.82, 2.24) is 10.3 Å². The highest BCUT2D eigenvalue weighted by atomic mass is 32.2. The lowest BCUT2D eigenvalue weighted by atomic mass is 9.99. The normalized spacial score (nSPS) is 13.1. The number of alkyl halides is 3. The van der Waals surface area contributed by atoms with Crippen LogP contribution in [0.3, 0.4) is 0 Å². The number of nitrogens with zero attached hydrogens (tertiary/aromatic N) is 2. The van der Waals surface area contributed by atoms with Crippen LogP contribution in [0.1, 0.15) is 35.4 Å². The molecule has 0 spiro atoms. The highest BCUT2D eigenvalue weighted by Crippen LogP contribution is 2.28. The molecular formula is C18H19F4N3O4S. The molecule has 0 aliphatic rings. The third-order valence-corrected chi connectivity index (χ3v) is 5.38. The van der Waals surface area contributed by atoms with E-state index in [-0.39, 0.29) is 17.8 Å². The molecule has 0 saturated carbocycles. The molecular weight excluding hydrogens is 430 g/mol. The molecule has 2 N–H and O–H groups in total. The smallest absolute Gasteiger partial charge is 0.351 e. The molecule has 1 amide bonds. The molecule has 1 unspecified atom stereocenters. The van der Waals surface area contributed by atoms with E-state index < -0.39 is 45.5 Å². The summed E-state index contributed by atoms with van der Waals surface area (Å²) in [5.74, 6) is -2.33. The van der Waals surface area contributed by atoms with E-state index in [0.29, 0.717) is 9.87 Å². The Morgan fingerprint density at radius 2 is 1.90 bits per heavy atom. The third kappa shape index (κ3) is 5.45. The first-order valence-electron chi connectivity index (χ1n) is 8.54. The number of aryl methyl sites for hydroxylation is 1. The highest BCUT2D eigenvalue weighted by Gasteiger charge is 2.32. The summed E-state index contributed by atoms with van der Waals surface area (Å²) in [5.41, 5.74) is -0.699. The van der Waals surface area contributed by atoms with Crippen molar-refractivity contribution in [3.8, 4) is 0 Å². The second-order valence-electron chi connectivity index (χ2n) is 6.53. The van der Waals surface area contributed by atoms with Gasteiger partial charge in [0, 0.05) is 19.3 Å². The largest absolute Gasteiger partial charge is 0.433 e. The summed E-state index contributed by atoms with van der Waals surface area (Å²) in [6.45, 7) is 2.79. The number of nitrogens with one attached hydrogen (secondary N) is 1. The summed E-state index contributed by atoms with van der Waals surface area (Å²) in [4.78, 5) is 15.8. The van der Waals surface area contributed by atoms with E-state index in [2.05, 4.69) is 10.3 Å². The van der Waals surface area contributed by atoms with E-state index in [1.807, 2.05) is 0 Å². The average molecular weight is 449 g/mol. The van der Waals surface area contributed by atoms with Crippen molar-refractivity contribution in [2.45, 2.75) is 32.5 Å². The molecule has 0 bridgehead atoms. The van der Waals surface area contributed by atoms with E-state index in [1.54, 1.807) is 0 Å². The van der Waals surface area contributed by atoms with E-state index in [1.165, 1.54) is 26.0 Å². The topological polar surface area (TPSA) is 99.6 Å². The number of aromatic nitrogens is 1. The minimum Gasteiger partial charge on any atom is -0.351 e. The van der Waals surface area contributed by atoms with Gasteiger partial charge < -0.3 is 5.32 Å². The van der Waals surface area contributed by atoms with Crippen molar-refractivity contribution in [2.24, 2.45) is 0 Å². The summed E-state index contributed by atoms with van der Waals surface area (Å²) in [6.07, 6.45) is -4.57. The minimum absolute atomic E-state index is 0.0772. The fraction of sp³-hybridized carbons (Fsp3) is 0.333. The van der Waals surface area contributed by atoms with Crippen LogP contribution in [0.4, 0.5) is 23.2 Å². The van der Waals surface area contributed by atoms with Crippen LogP contribution in [0.5, 0.6) is 0 Å². The molecule has 0 fully saturated rings. The molecule has 1 atom stereocenters. The fourth-order valence-corrected chi connectivity index (χ4v) is 2.99. The summed E-state index contributed by atoms with van der Waals surface area (Å²) < 4.78 is 83.8. The molecule has 1 aromatic carbocycles. The lowest BCUT2D eigenvalue weighted by molar-refractivity contribution is -0.141. The van der Waals surface area contributed by atoms with Gasteiger partial charge in [-0.2, -0.15) is 21.6 Å². The zero-order valence-corrected chi connectivity index (χ0v) is 17.0. The Hall–Kier alpha value is -2.73. The van der Waals surface area contributed by atoms with Gasteiger partial charge in [0.1, 0.15) is 11.5 Å². The Bertz CT molecular complexity index is 1060. The molecule has 0 saturated heterocycles. The van der Waals surface area contributed by atoms with Crippen molar-refractivity contribution in [1.29, 1.82) is 0 Å². The molecule has 0 aliphatic carbocycles. The lowest BCUT2D eigenvalue weighted by Crippen LogP contribution is -2.28. The van der Waals surface area contributed by atoms with Crippen molar-refractivity contribution in [3.05, 3.63) is 58.7 Å². The van der Waals surface area contributed by atoms with Crippen LogP contribution >= 0.6 is 0 Å². The lowest BCUT2D eigenvalue weighted by Gasteiger charge is -2.18. The molecule has 7 nitrogen and oxygen atoms in total. The number of pyridine rings is 1. The monoisotopic (exact) mass is 449 g/mol. The van der Waals surface area contributed by atoms with Crippen molar-refractivity contribution in [3.63, 3.8) is 0 Å². The third-order valence-electron chi connectivity index (χ3n) is 4.49. The number of carbonyl (C=O) groups excluding carboxylic acids is 1. The SMILES string of the molecule is Cc1nc(C(F)(F)F)ccc1CNC(=O)C(C)c1ccc(N(C)S(=O)(=O)O)c(F)c1. The van der Waals surface area contributed by atoms with Gasteiger partial charge in [0.2, 0.25) is 5.91 Å². The Balaban J connectivity index is 2.11. The van der Waals surface area contributed by atoms with E-state index in [0.717, 1.165) is 25.2 Å². The Kier molecular flexibility index (Phi) is 6.72. The summed E-state index contributed by atoms with van der Waals surface area (Å²) in [5, 5.41) is 2.55. The Morgan fingerprint density at radius 1 is 1.27 bits per heavy atom. The molecule has 12 heteroatoms. The highest BCUT2D eigenvalue weighted by molar-refractivity contribution is 7.87. The second-order valence-corrected chi connectivity index (χ2v) is 7.98. The van der Waals surface area contributed by atoms with Crippen LogP contribution in [0.2, 0.25) is 0 Å². The van der Waals surface area contributed by atoms with Gasteiger partial charge in [-0.1, -0.05) is 12.1 Å². The molecule has 2 rings (SSSR count). The first kappa shape index (κ1) is 23.5. The van der Waals surface area contributed by atoms with Gasteiger partial charge in [-0.05, 0) is 43.2 Å². The van der Waals surface area contributed by atoms with E-state index >= 15 is 0 Å². The summed E-state index contributed by atoms with van der Waals surface area (Å²) in [7, 11) is -3.68. The second kappa shape index (κ2) is 8.56. The summed E-state index contributed by atoms with van der Waals surface area (Å²) in [6, 6.07) is 5.43. The molecule has 1 aromatic heterocycles. The zero-order valence-electron chi connectivity index (χ0n) is 16.2. The number of anilines is 1. The molecule has 0 aliphatic heterocycles. The predicted octanol–water partition coefficient (Wildman–Crippen LogP) is 3.21. The fourth-order valence-electron chi connectivity index (χ4n) is 2.59. The van der Waals surface area contributed by atoms with Gasteiger partial charge in [-0.3, -0.25) is 9.35 Å². The first-order valence-corrected chi connectivity index (χ1v) is 9.93. The molecule has 164 valence electrons. The number of hydrogen-bond donors (Lipinski definition) is 2. The Labute approximate surface area is 170 Å². The van der Waals surface area contributed by atoms with Gasteiger partial charge in [0.05, 0.1) is 11.6 Å². The van der Waals surface area contributed by atoms with Crippen LogP contribution < -0.4 is 9.62 Å². The molecule has 1 heterocycles. The van der Waals surface area contributed by atoms with Crippen LogP contribution in [0.25, 0.3) is 0 Å².